The molecule has 0 aliphatic carbocycles. The van der Waals surface area contributed by atoms with E-state index in [9.17, 15) is 9.59 Å². The number of imidazole rings is 1. The Morgan fingerprint density at radius 1 is 1.03 bits per heavy atom. The lowest BCUT2D eigenvalue weighted by molar-refractivity contribution is -0.120. The van der Waals surface area contributed by atoms with E-state index in [0.717, 1.165) is 22.4 Å². The molecule has 1 unspecified atom stereocenters. The summed E-state index contributed by atoms with van der Waals surface area (Å²) in [4.78, 5) is 32.3. The zero-order valence-electron chi connectivity index (χ0n) is 20.7. The Hall–Kier alpha value is -3.93. The van der Waals surface area contributed by atoms with Crippen molar-refractivity contribution in [2.24, 2.45) is 0 Å². The summed E-state index contributed by atoms with van der Waals surface area (Å²) < 4.78 is 7.53. The van der Waals surface area contributed by atoms with Crippen molar-refractivity contribution in [3.05, 3.63) is 77.9 Å². The fourth-order valence-electron chi connectivity index (χ4n) is 4.54. The van der Waals surface area contributed by atoms with Gasteiger partial charge >= 0.3 is 0 Å². The van der Waals surface area contributed by atoms with Crippen molar-refractivity contribution < 1.29 is 14.3 Å². The lowest BCUT2D eigenvalue weighted by atomic mass is 9.86. The first-order chi connectivity index (χ1) is 16.6. The van der Waals surface area contributed by atoms with Gasteiger partial charge in [-0.1, -0.05) is 57.2 Å². The number of fused-ring (bicyclic) bond motifs is 2. The molecule has 4 aromatic rings. The van der Waals surface area contributed by atoms with Gasteiger partial charge in [0.1, 0.15) is 11.6 Å². The van der Waals surface area contributed by atoms with E-state index in [1.54, 1.807) is 25.2 Å². The number of likely N-dealkylation sites (N-methyl/N-ethyl adjacent to an activating group) is 1. The molecule has 2 heterocycles. The lowest BCUT2D eigenvalue weighted by Crippen LogP contribution is -2.35. The number of aromatic nitrogens is 2. The van der Waals surface area contributed by atoms with E-state index >= 15 is 0 Å². The van der Waals surface area contributed by atoms with Crippen LogP contribution in [0.5, 0.6) is 5.75 Å². The molecule has 0 N–H and O–H groups in total. The highest BCUT2D eigenvalue weighted by atomic mass is 16.5. The lowest BCUT2D eigenvalue weighted by Gasteiger charge is -2.26. The van der Waals surface area contributed by atoms with Gasteiger partial charge in [0.05, 0.1) is 22.8 Å². The molecule has 1 aliphatic rings. The van der Waals surface area contributed by atoms with E-state index in [0.29, 0.717) is 17.0 Å². The summed E-state index contributed by atoms with van der Waals surface area (Å²) in [5.74, 6) is 1.15. The third-order valence-corrected chi connectivity index (χ3v) is 6.70. The smallest absolute Gasteiger partial charge is 0.264 e. The first-order valence-electron chi connectivity index (χ1n) is 11.8. The van der Waals surface area contributed by atoms with Crippen LogP contribution in [-0.4, -0.2) is 34.9 Å². The van der Waals surface area contributed by atoms with Crippen LogP contribution >= 0.6 is 0 Å². The van der Waals surface area contributed by atoms with Crippen molar-refractivity contribution in [1.82, 2.24) is 9.55 Å². The zero-order valence-corrected chi connectivity index (χ0v) is 20.7. The fraction of sp³-hybridized carbons (Fsp3) is 0.276. The third-order valence-electron chi connectivity index (χ3n) is 6.70. The maximum atomic E-state index is 13.7. The summed E-state index contributed by atoms with van der Waals surface area (Å²) >= 11 is 0. The molecule has 1 aliphatic heterocycles. The summed E-state index contributed by atoms with van der Waals surface area (Å²) in [6, 6.07) is 21.0. The molecule has 0 spiro atoms. The summed E-state index contributed by atoms with van der Waals surface area (Å²) in [6.45, 7) is 8.46. The minimum absolute atomic E-state index is 0.00554. The van der Waals surface area contributed by atoms with E-state index in [2.05, 4.69) is 45.0 Å². The number of carbonyl (C=O) groups is 2. The van der Waals surface area contributed by atoms with Gasteiger partial charge in [-0.05, 0) is 48.2 Å². The number of anilines is 1. The minimum Gasteiger partial charge on any atom is -0.482 e. The molecule has 1 atom stereocenters. The number of ether oxygens (including phenoxy) is 1. The number of para-hydroxylation sites is 2. The number of Topliss-reactive ketones (excluding diaryl/α,β-unsaturated/α-hetero) is 1. The van der Waals surface area contributed by atoms with Crippen molar-refractivity contribution in [2.45, 2.75) is 39.2 Å². The first kappa shape index (κ1) is 22.8. The highest BCUT2D eigenvalue weighted by Crippen LogP contribution is 2.35. The van der Waals surface area contributed by atoms with E-state index < -0.39 is 6.04 Å². The predicted molar refractivity (Wildman–Crippen MR) is 138 cm³/mol. The Bertz CT molecular complexity index is 1440. The monoisotopic (exact) mass is 467 g/mol. The van der Waals surface area contributed by atoms with Gasteiger partial charge < -0.3 is 14.2 Å². The van der Waals surface area contributed by atoms with Crippen LogP contribution in [0.1, 0.15) is 49.7 Å². The average molecular weight is 468 g/mol. The Morgan fingerprint density at radius 2 is 1.74 bits per heavy atom. The zero-order chi connectivity index (χ0) is 24.9. The summed E-state index contributed by atoms with van der Waals surface area (Å²) in [5.41, 5.74) is 5.11. The van der Waals surface area contributed by atoms with Crippen LogP contribution in [-0.2, 0) is 10.2 Å². The Morgan fingerprint density at radius 3 is 2.46 bits per heavy atom. The van der Waals surface area contributed by atoms with E-state index in [4.69, 9.17) is 9.72 Å². The van der Waals surface area contributed by atoms with Gasteiger partial charge in [0.25, 0.3) is 5.91 Å². The minimum atomic E-state index is -0.511. The quantitative estimate of drug-likeness (QED) is 0.356. The fourth-order valence-corrected chi connectivity index (χ4v) is 4.54. The normalized spacial score (nSPS) is 14.5. The van der Waals surface area contributed by atoms with Crippen LogP contribution in [0, 0.1) is 0 Å². The Kier molecular flexibility index (Phi) is 5.47. The highest BCUT2D eigenvalue weighted by Gasteiger charge is 2.27. The molecule has 5 rings (SSSR count). The second-order valence-corrected chi connectivity index (χ2v) is 10.1. The molecule has 0 radical (unpaired) electrons. The number of hydrogen-bond acceptors (Lipinski definition) is 4. The second-order valence-electron chi connectivity index (χ2n) is 10.1. The number of rotatable bonds is 4. The molecule has 3 aromatic carbocycles. The summed E-state index contributed by atoms with van der Waals surface area (Å²) in [5, 5.41) is 0. The van der Waals surface area contributed by atoms with Crippen LogP contribution in [0.4, 0.5) is 5.69 Å². The predicted octanol–water partition coefficient (Wildman–Crippen LogP) is 5.80. The third kappa shape index (κ3) is 3.99. The van der Waals surface area contributed by atoms with E-state index in [-0.39, 0.29) is 23.7 Å². The Balaban J connectivity index is 1.58. The van der Waals surface area contributed by atoms with Gasteiger partial charge in [0.2, 0.25) is 0 Å². The van der Waals surface area contributed by atoms with Crippen LogP contribution in [0.3, 0.4) is 0 Å². The maximum Gasteiger partial charge on any atom is 0.264 e. The molecule has 6 nitrogen and oxygen atoms in total. The van der Waals surface area contributed by atoms with Gasteiger partial charge in [0.15, 0.2) is 12.4 Å². The van der Waals surface area contributed by atoms with E-state index in [1.807, 2.05) is 35.8 Å². The molecular weight excluding hydrogens is 438 g/mol. The number of hydrogen-bond donors (Lipinski definition) is 0. The standard InChI is InChI=1S/C29H29N3O3/c1-18(27(34)20-12-15-25-24(16-20)31(5)26(33)17-35-25)32-23-9-7-6-8-22(23)30-28(32)19-10-13-21(14-11-19)29(2,3)4/h6-16,18H,17H2,1-5H3. The molecule has 1 amide bonds. The summed E-state index contributed by atoms with van der Waals surface area (Å²) in [7, 11) is 1.70. The molecule has 1 aromatic heterocycles. The SMILES string of the molecule is CC(C(=O)c1ccc2c(c1)N(C)C(=O)CO2)n1c(-c2ccc(C(C)(C)C)cc2)nc2ccccc21. The van der Waals surface area contributed by atoms with Gasteiger partial charge in [-0.3, -0.25) is 9.59 Å². The summed E-state index contributed by atoms with van der Waals surface area (Å²) in [6.07, 6.45) is 0. The van der Waals surface area contributed by atoms with Crippen LogP contribution in [0.15, 0.2) is 66.7 Å². The molecule has 0 fully saturated rings. The van der Waals surface area contributed by atoms with Crippen LogP contribution < -0.4 is 9.64 Å². The topological polar surface area (TPSA) is 64.4 Å². The number of nitrogens with zero attached hydrogens (tertiary/aromatic N) is 3. The van der Waals surface area contributed by atoms with Gasteiger partial charge in [-0.2, -0.15) is 0 Å². The molecule has 0 saturated heterocycles. The van der Waals surface area contributed by atoms with Crippen molar-refractivity contribution >= 4 is 28.4 Å². The van der Waals surface area contributed by atoms with Crippen molar-refractivity contribution in [3.8, 4) is 17.1 Å². The van der Waals surface area contributed by atoms with Crippen molar-refractivity contribution in [3.63, 3.8) is 0 Å². The number of ketones is 1. The molecular formula is C29H29N3O3. The first-order valence-corrected chi connectivity index (χ1v) is 11.8. The maximum absolute atomic E-state index is 13.7. The Labute approximate surface area is 205 Å². The van der Waals surface area contributed by atoms with Gasteiger partial charge in [-0.15, -0.1) is 0 Å². The number of benzene rings is 3. The van der Waals surface area contributed by atoms with Gasteiger partial charge in [-0.25, -0.2) is 4.98 Å². The molecule has 6 heteroatoms. The largest absolute Gasteiger partial charge is 0.482 e. The van der Waals surface area contributed by atoms with E-state index in [1.165, 1.54) is 10.5 Å². The highest BCUT2D eigenvalue weighted by molar-refractivity contribution is 6.03. The molecule has 0 saturated carbocycles. The molecule has 178 valence electrons. The number of carbonyl (C=O) groups excluding carboxylic acids is 2. The molecule has 0 bridgehead atoms. The second kappa shape index (κ2) is 8.38. The van der Waals surface area contributed by atoms with Gasteiger partial charge in [0, 0.05) is 18.2 Å². The number of amides is 1. The average Bonchev–Trinajstić information content (AvgIpc) is 3.24. The van der Waals surface area contributed by atoms with Crippen molar-refractivity contribution in [1.29, 1.82) is 0 Å². The van der Waals surface area contributed by atoms with Crippen LogP contribution in [0.25, 0.3) is 22.4 Å². The van der Waals surface area contributed by atoms with Crippen LogP contribution in [0.2, 0.25) is 0 Å². The van der Waals surface area contributed by atoms with Crippen molar-refractivity contribution in [2.75, 3.05) is 18.6 Å². The molecule has 35 heavy (non-hydrogen) atoms.